The molecule has 0 aliphatic carbocycles. The van der Waals surface area contributed by atoms with Crippen LogP contribution >= 0.6 is 7.26 Å². The Morgan fingerprint density at radius 1 is 0.739 bits per heavy atom. The van der Waals surface area contributed by atoms with Gasteiger partial charge in [0.05, 0.1) is 14.2 Å². The summed E-state index contributed by atoms with van der Waals surface area (Å²) < 4.78 is 9.80. The van der Waals surface area contributed by atoms with Crippen LogP contribution in [0.2, 0.25) is 0 Å². The fourth-order valence-electron chi connectivity index (χ4n) is 2.57. The molecule has 0 N–H and O–H groups in total. The number of ether oxygens (including phenoxy) is 2. The third-order valence-electron chi connectivity index (χ3n) is 3.75. The maximum Gasteiger partial charge on any atom is 0.344 e. The Kier molecular flexibility index (Phi) is 5.89. The van der Waals surface area contributed by atoms with Crippen molar-refractivity contribution in [2.45, 2.75) is 0 Å². The van der Waals surface area contributed by atoms with Gasteiger partial charge in [-0.15, -0.1) is 0 Å². The number of carbonyl (C=O) groups excluding carboxylic acids is 2. The number of esters is 2. The second-order valence-electron chi connectivity index (χ2n) is 5.11. The number of hydrogen-bond donors (Lipinski definition) is 0. The lowest BCUT2D eigenvalue weighted by atomic mass is 10.4. The molecule has 0 aliphatic heterocycles. The average molecular weight is 331 g/mol. The van der Waals surface area contributed by atoms with Crippen molar-refractivity contribution in [3.05, 3.63) is 60.7 Å². The van der Waals surface area contributed by atoms with E-state index >= 15 is 0 Å². The molecular formula is C18H20O4P+. The smallest absolute Gasteiger partial charge is 0.344 e. The number of benzene rings is 2. The quantitative estimate of drug-likeness (QED) is 0.600. The van der Waals surface area contributed by atoms with Crippen molar-refractivity contribution in [2.24, 2.45) is 0 Å². The molecule has 0 saturated carbocycles. The zero-order chi connectivity index (χ0) is 16.7. The van der Waals surface area contributed by atoms with Gasteiger partial charge in [-0.1, -0.05) is 36.4 Å². The molecule has 0 fully saturated rings. The van der Waals surface area contributed by atoms with Crippen LogP contribution in [0.5, 0.6) is 0 Å². The third-order valence-corrected chi connectivity index (χ3v) is 7.92. The van der Waals surface area contributed by atoms with Gasteiger partial charge in [-0.25, -0.2) is 9.59 Å². The molecule has 0 radical (unpaired) electrons. The molecule has 0 amide bonds. The van der Waals surface area contributed by atoms with Crippen molar-refractivity contribution in [2.75, 3.05) is 26.5 Å². The first-order chi connectivity index (χ1) is 11.1. The molecule has 2 rings (SSSR count). The van der Waals surface area contributed by atoms with E-state index in [1.807, 2.05) is 60.7 Å². The fraction of sp³-hybridized carbons (Fsp3) is 0.222. The number of carbonyl (C=O) groups is 2. The zero-order valence-electron chi connectivity index (χ0n) is 13.3. The summed E-state index contributed by atoms with van der Waals surface area (Å²) in [5.41, 5.74) is 0. The van der Waals surface area contributed by atoms with Crippen molar-refractivity contribution in [3.63, 3.8) is 0 Å². The third kappa shape index (κ3) is 3.96. The lowest BCUT2D eigenvalue weighted by molar-refractivity contribution is -0.137. The van der Waals surface area contributed by atoms with Crippen LogP contribution in [0.1, 0.15) is 0 Å². The van der Waals surface area contributed by atoms with Crippen molar-refractivity contribution >= 4 is 29.8 Å². The SMILES string of the molecule is COC(=O)C[P+](CC(=O)OC)(c1ccccc1)c1ccccc1. The predicted molar refractivity (Wildman–Crippen MR) is 92.8 cm³/mol. The van der Waals surface area contributed by atoms with Crippen LogP contribution in [-0.2, 0) is 19.1 Å². The highest BCUT2D eigenvalue weighted by Crippen LogP contribution is 2.56. The Balaban J connectivity index is 2.62. The molecule has 5 heteroatoms. The molecule has 0 spiro atoms. The van der Waals surface area contributed by atoms with Gasteiger partial charge in [-0.2, -0.15) is 0 Å². The minimum Gasteiger partial charge on any atom is -0.466 e. The van der Waals surface area contributed by atoms with Crippen molar-refractivity contribution < 1.29 is 19.1 Å². The maximum absolute atomic E-state index is 12.1. The first-order valence-corrected chi connectivity index (χ1v) is 9.40. The standard InChI is InChI=1S/C18H20O4P/c1-21-17(19)13-23(14-18(20)22-2,15-9-5-3-6-10-15)16-11-7-4-8-12-16/h3-12H,13-14H2,1-2H3/q+1. The molecule has 2 aromatic rings. The summed E-state index contributed by atoms with van der Waals surface area (Å²) in [7, 11) is 0.437. The average Bonchev–Trinajstić information content (AvgIpc) is 2.62. The van der Waals surface area contributed by atoms with Crippen LogP contribution < -0.4 is 10.6 Å². The highest BCUT2D eigenvalue weighted by atomic mass is 31.2. The van der Waals surface area contributed by atoms with Gasteiger partial charge in [0, 0.05) is 0 Å². The molecule has 0 aromatic heterocycles. The molecule has 2 aromatic carbocycles. The Morgan fingerprint density at radius 2 is 1.09 bits per heavy atom. The highest BCUT2D eigenvalue weighted by molar-refractivity contribution is 7.90. The first-order valence-electron chi connectivity index (χ1n) is 7.24. The Hall–Kier alpha value is -2.19. The molecule has 0 aliphatic rings. The Bertz CT molecular complexity index is 596. The number of methoxy groups -OCH3 is 2. The van der Waals surface area contributed by atoms with E-state index in [9.17, 15) is 9.59 Å². The molecule has 4 nitrogen and oxygen atoms in total. The van der Waals surface area contributed by atoms with E-state index in [1.54, 1.807) is 0 Å². The van der Waals surface area contributed by atoms with Gasteiger partial charge in [-0.05, 0) is 24.3 Å². The van der Waals surface area contributed by atoms with Gasteiger partial charge in [-0.3, -0.25) is 0 Å². The predicted octanol–water partition coefficient (Wildman–Crippen LogP) is 2.00. The van der Waals surface area contributed by atoms with Crippen LogP contribution in [0.4, 0.5) is 0 Å². The lowest BCUT2D eigenvalue weighted by Crippen LogP contribution is -2.33. The molecule has 23 heavy (non-hydrogen) atoms. The van der Waals surface area contributed by atoms with Crippen LogP contribution in [-0.4, -0.2) is 38.5 Å². The minimum atomic E-state index is -2.30. The Morgan fingerprint density at radius 3 is 1.39 bits per heavy atom. The maximum atomic E-state index is 12.1. The van der Waals surface area contributed by atoms with E-state index in [0.29, 0.717) is 0 Å². The van der Waals surface area contributed by atoms with Crippen LogP contribution in [0, 0.1) is 0 Å². The van der Waals surface area contributed by atoms with Crippen LogP contribution in [0.15, 0.2) is 60.7 Å². The fourth-order valence-corrected chi connectivity index (χ4v) is 6.33. The van der Waals surface area contributed by atoms with Crippen LogP contribution in [0.3, 0.4) is 0 Å². The van der Waals surface area contributed by atoms with E-state index in [0.717, 1.165) is 10.6 Å². The summed E-state index contributed by atoms with van der Waals surface area (Å²) in [6.07, 6.45) is 0.346. The summed E-state index contributed by atoms with van der Waals surface area (Å²) >= 11 is 0. The molecular weight excluding hydrogens is 311 g/mol. The zero-order valence-corrected chi connectivity index (χ0v) is 14.2. The van der Waals surface area contributed by atoms with Crippen molar-refractivity contribution in [1.82, 2.24) is 0 Å². The molecule has 0 atom stereocenters. The second-order valence-corrected chi connectivity index (χ2v) is 8.71. The van der Waals surface area contributed by atoms with E-state index < -0.39 is 7.26 Å². The molecule has 0 saturated heterocycles. The van der Waals surface area contributed by atoms with Gasteiger partial charge >= 0.3 is 11.9 Å². The van der Waals surface area contributed by atoms with Crippen molar-refractivity contribution in [3.8, 4) is 0 Å². The lowest BCUT2D eigenvalue weighted by Gasteiger charge is -2.25. The normalized spacial score (nSPS) is 10.9. The topological polar surface area (TPSA) is 52.6 Å². The number of hydrogen-bond acceptors (Lipinski definition) is 4. The second kappa shape index (κ2) is 7.89. The van der Waals surface area contributed by atoms with Crippen LogP contribution in [0.25, 0.3) is 0 Å². The summed E-state index contributed by atoms with van der Waals surface area (Å²) in [4.78, 5) is 24.2. The monoisotopic (exact) mass is 331 g/mol. The highest BCUT2D eigenvalue weighted by Gasteiger charge is 2.47. The first kappa shape index (κ1) is 17.2. The Labute approximate surface area is 136 Å². The number of rotatable bonds is 6. The van der Waals surface area contributed by atoms with E-state index in [1.165, 1.54) is 14.2 Å². The summed E-state index contributed by atoms with van der Waals surface area (Å²) in [5.74, 6) is -0.648. The molecule has 0 bridgehead atoms. The minimum absolute atomic E-state index is 0.173. The molecule has 0 unspecified atom stereocenters. The van der Waals surface area contributed by atoms with Gasteiger partial charge in [0.2, 0.25) is 0 Å². The molecule has 0 heterocycles. The van der Waals surface area contributed by atoms with Gasteiger partial charge in [0.1, 0.15) is 17.9 Å². The summed E-state index contributed by atoms with van der Waals surface area (Å²) in [6, 6.07) is 19.4. The van der Waals surface area contributed by atoms with E-state index in [-0.39, 0.29) is 24.3 Å². The largest absolute Gasteiger partial charge is 0.466 e. The van der Waals surface area contributed by atoms with E-state index in [4.69, 9.17) is 9.47 Å². The molecule has 120 valence electrons. The van der Waals surface area contributed by atoms with Gasteiger partial charge < -0.3 is 9.47 Å². The van der Waals surface area contributed by atoms with Gasteiger partial charge in [0.25, 0.3) is 0 Å². The summed E-state index contributed by atoms with van der Waals surface area (Å²) in [6.45, 7) is 0. The summed E-state index contributed by atoms with van der Waals surface area (Å²) in [5, 5.41) is 1.98. The van der Waals surface area contributed by atoms with E-state index in [2.05, 4.69) is 0 Å². The van der Waals surface area contributed by atoms with Gasteiger partial charge in [0.15, 0.2) is 12.3 Å². The van der Waals surface area contributed by atoms with Crippen molar-refractivity contribution in [1.29, 1.82) is 0 Å².